The fourth-order valence-corrected chi connectivity index (χ4v) is 4.24. The van der Waals surface area contributed by atoms with Crippen LogP contribution in [0.4, 0.5) is 0 Å². The van der Waals surface area contributed by atoms with E-state index < -0.39 is 48.0 Å². The van der Waals surface area contributed by atoms with Crippen molar-refractivity contribution in [1.29, 1.82) is 0 Å². The second-order valence-electron chi connectivity index (χ2n) is 9.69. The molecule has 1 aliphatic rings. The Kier molecular flexibility index (Phi) is 12.0. The Morgan fingerprint density at radius 1 is 0.545 bits per heavy atom. The van der Waals surface area contributed by atoms with Crippen LogP contribution in [0.15, 0.2) is 48.6 Å². The molecule has 0 amide bonds. The van der Waals surface area contributed by atoms with E-state index >= 15 is 0 Å². The van der Waals surface area contributed by atoms with Crippen LogP contribution in [0.25, 0.3) is 12.2 Å². The van der Waals surface area contributed by atoms with Gasteiger partial charge in [0, 0.05) is 39.8 Å². The SMILES string of the molecule is CC(=O)Oc1ccc(/C=C/C(=O)O[C@H]2CCCC[C@@H]2OC(=O)/C=C/c2ccc(OC(C)=O)c(OC(C)=O)c2)cc1OC(C)=O. The number of carbonyl (C=O) groups excluding carboxylic acids is 6. The number of carbonyl (C=O) groups is 6. The Bertz CT molecular complexity index is 1370. The zero-order valence-corrected chi connectivity index (χ0v) is 24.7. The second-order valence-corrected chi connectivity index (χ2v) is 9.69. The summed E-state index contributed by atoms with van der Waals surface area (Å²) in [6, 6.07) is 8.85. The number of esters is 6. The normalized spacial score (nSPS) is 16.2. The van der Waals surface area contributed by atoms with Gasteiger partial charge in [-0.3, -0.25) is 19.2 Å². The molecule has 1 aliphatic carbocycles. The molecule has 3 rings (SSSR count). The highest BCUT2D eigenvalue weighted by atomic mass is 16.6. The lowest BCUT2D eigenvalue weighted by Gasteiger charge is -2.30. The first-order valence-electron chi connectivity index (χ1n) is 13.7. The van der Waals surface area contributed by atoms with Crippen molar-refractivity contribution in [3.05, 3.63) is 59.7 Å². The molecule has 2 aromatic rings. The highest BCUT2D eigenvalue weighted by Gasteiger charge is 2.30. The van der Waals surface area contributed by atoms with Crippen LogP contribution in [0.2, 0.25) is 0 Å². The summed E-state index contributed by atoms with van der Waals surface area (Å²) >= 11 is 0. The Labute approximate surface area is 253 Å². The number of rotatable bonds is 10. The number of ether oxygens (including phenoxy) is 6. The summed E-state index contributed by atoms with van der Waals surface area (Å²) in [7, 11) is 0. The summed E-state index contributed by atoms with van der Waals surface area (Å²) in [6.45, 7) is 4.82. The van der Waals surface area contributed by atoms with Crippen molar-refractivity contribution in [2.45, 2.75) is 65.6 Å². The van der Waals surface area contributed by atoms with Crippen molar-refractivity contribution in [2.24, 2.45) is 0 Å². The molecule has 0 saturated heterocycles. The van der Waals surface area contributed by atoms with Crippen LogP contribution in [0.5, 0.6) is 23.0 Å². The molecular formula is C32H32O12. The van der Waals surface area contributed by atoms with Crippen LogP contribution in [-0.2, 0) is 38.2 Å². The van der Waals surface area contributed by atoms with Crippen LogP contribution in [0, 0.1) is 0 Å². The maximum Gasteiger partial charge on any atom is 0.331 e. The second kappa shape index (κ2) is 15.8. The lowest BCUT2D eigenvalue weighted by Crippen LogP contribution is -2.37. The van der Waals surface area contributed by atoms with E-state index in [4.69, 9.17) is 28.4 Å². The average Bonchev–Trinajstić information content (AvgIpc) is 2.93. The molecule has 0 bridgehead atoms. The molecule has 0 heterocycles. The van der Waals surface area contributed by atoms with Gasteiger partial charge in [0.1, 0.15) is 12.2 Å². The monoisotopic (exact) mass is 608 g/mol. The van der Waals surface area contributed by atoms with Crippen LogP contribution < -0.4 is 18.9 Å². The maximum absolute atomic E-state index is 12.6. The number of benzene rings is 2. The van der Waals surface area contributed by atoms with Crippen molar-refractivity contribution in [2.75, 3.05) is 0 Å². The molecular weight excluding hydrogens is 576 g/mol. The molecule has 0 spiro atoms. The van der Waals surface area contributed by atoms with E-state index in [0.717, 1.165) is 12.8 Å². The highest BCUT2D eigenvalue weighted by molar-refractivity contribution is 5.88. The van der Waals surface area contributed by atoms with Gasteiger partial charge in [0.25, 0.3) is 0 Å². The van der Waals surface area contributed by atoms with Gasteiger partial charge in [-0.2, -0.15) is 0 Å². The third-order valence-electron chi connectivity index (χ3n) is 5.95. The Morgan fingerprint density at radius 2 is 0.886 bits per heavy atom. The minimum atomic E-state index is -0.669. The van der Waals surface area contributed by atoms with Crippen LogP contribution >= 0.6 is 0 Å². The van der Waals surface area contributed by atoms with E-state index in [0.29, 0.717) is 24.0 Å². The lowest BCUT2D eigenvalue weighted by molar-refractivity contribution is -0.165. The fraction of sp³-hybridized carbons (Fsp3) is 0.312. The van der Waals surface area contributed by atoms with E-state index in [1.807, 2.05) is 0 Å². The van der Waals surface area contributed by atoms with Gasteiger partial charge in [-0.1, -0.05) is 12.1 Å². The maximum atomic E-state index is 12.6. The minimum Gasteiger partial charge on any atom is -0.455 e. The summed E-state index contributed by atoms with van der Waals surface area (Å²) in [5.41, 5.74) is 0.951. The molecule has 1 saturated carbocycles. The predicted octanol–water partition coefficient (Wildman–Crippen LogP) is 4.51. The van der Waals surface area contributed by atoms with Gasteiger partial charge in [-0.05, 0) is 73.2 Å². The zero-order chi connectivity index (χ0) is 32.2. The van der Waals surface area contributed by atoms with Gasteiger partial charge >= 0.3 is 35.8 Å². The minimum absolute atomic E-state index is 0.0125. The molecule has 0 radical (unpaired) electrons. The molecule has 2 aromatic carbocycles. The van der Waals surface area contributed by atoms with Crippen LogP contribution in [0.3, 0.4) is 0 Å². The largest absolute Gasteiger partial charge is 0.455 e. The van der Waals surface area contributed by atoms with E-state index in [9.17, 15) is 28.8 Å². The van der Waals surface area contributed by atoms with Crippen molar-refractivity contribution >= 4 is 48.0 Å². The van der Waals surface area contributed by atoms with Crippen LogP contribution in [0.1, 0.15) is 64.5 Å². The quantitative estimate of drug-likeness (QED) is 0.211. The molecule has 12 heteroatoms. The van der Waals surface area contributed by atoms with Gasteiger partial charge in [0.2, 0.25) is 0 Å². The molecule has 2 atom stereocenters. The van der Waals surface area contributed by atoms with Gasteiger partial charge in [-0.25, -0.2) is 9.59 Å². The smallest absolute Gasteiger partial charge is 0.331 e. The summed E-state index contributed by atoms with van der Waals surface area (Å²) in [4.78, 5) is 70.7. The first-order valence-corrected chi connectivity index (χ1v) is 13.7. The van der Waals surface area contributed by atoms with Gasteiger partial charge in [-0.15, -0.1) is 0 Å². The Balaban J connectivity index is 1.64. The van der Waals surface area contributed by atoms with Gasteiger partial charge in [0.15, 0.2) is 23.0 Å². The van der Waals surface area contributed by atoms with E-state index in [2.05, 4.69) is 0 Å². The third kappa shape index (κ3) is 10.9. The standard InChI is InChI=1S/C32H32O12/c1-19(33)39-27-13-9-23(17-29(27)41-21(3)35)11-15-31(37)43-25-7-5-6-8-26(25)44-32(38)16-12-24-10-14-28(40-20(2)34)30(18-24)42-22(4)36/h9-18,25-26H,5-8H2,1-4H3/b15-11+,16-12+/t25-,26-/m0/s1. The molecule has 0 N–H and O–H groups in total. The number of hydrogen-bond acceptors (Lipinski definition) is 12. The van der Waals surface area contributed by atoms with Crippen LogP contribution in [-0.4, -0.2) is 48.0 Å². The molecule has 0 aromatic heterocycles. The van der Waals surface area contributed by atoms with E-state index in [1.165, 1.54) is 76.3 Å². The molecule has 0 unspecified atom stereocenters. The first kappa shape index (κ1) is 33.2. The zero-order valence-electron chi connectivity index (χ0n) is 24.7. The van der Waals surface area contributed by atoms with Crippen molar-refractivity contribution in [3.8, 4) is 23.0 Å². The van der Waals surface area contributed by atoms with Crippen molar-refractivity contribution in [1.82, 2.24) is 0 Å². The first-order chi connectivity index (χ1) is 20.9. The van der Waals surface area contributed by atoms with Gasteiger partial charge < -0.3 is 28.4 Å². The third-order valence-corrected chi connectivity index (χ3v) is 5.95. The van der Waals surface area contributed by atoms with Gasteiger partial charge in [0.05, 0.1) is 0 Å². The highest BCUT2D eigenvalue weighted by Crippen LogP contribution is 2.31. The Morgan fingerprint density at radius 3 is 1.23 bits per heavy atom. The summed E-state index contributed by atoms with van der Waals surface area (Å²) < 4.78 is 31.4. The topological polar surface area (TPSA) is 158 Å². The van der Waals surface area contributed by atoms with E-state index in [-0.39, 0.29) is 23.0 Å². The molecule has 12 nitrogen and oxygen atoms in total. The van der Waals surface area contributed by atoms with Crippen molar-refractivity contribution in [3.63, 3.8) is 0 Å². The lowest BCUT2D eigenvalue weighted by atomic mass is 9.94. The number of hydrogen-bond donors (Lipinski definition) is 0. The van der Waals surface area contributed by atoms with E-state index in [1.54, 1.807) is 12.1 Å². The Hall–Kier alpha value is -5.26. The summed E-state index contributed by atoms with van der Waals surface area (Å²) in [5.74, 6) is -3.62. The summed E-state index contributed by atoms with van der Waals surface area (Å²) in [5, 5.41) is 0. The molecule has 232 valence electrons. The molecule has 0 aliphatic heterocycles. The predicted molar refractivity (Wildman–Crippen MR) is 154 cm³/mol. The summed E-state index contributed by atoms with van der Waals surface area (Å²) in [6.07, 6.45) is 6.48. The average molecular weight is 609 g/mol. The van der Waals surface area contributed by atoms with Crippen molar-refractivity contribution < 1.29 is 57.2 Å². The molecule has 1 fully saturated rings. The molecule has 44 heavy (non-hydrogen) atoms. The fourth-order valence-electron chi connectivity index (χ4n) is 4.24.